The molecular weight excluding hydrogens is 236 g/mol. The molecule has 2 rings (SSSR count). The van der Waals surface area contributed by atoms with Crippen LogP contribution in [0, 0.1) is 0 Å². The lowest BCUT2D eigenvalue weighted by atomic mass is 10.00. The zero-order chi connectivity index (χ0) is 13.7. The average Bonchev–Trinajstić information content (AvgIpc) is 2.45. The first-order valence-electron chi connectivity index (χ1n) is 5.94. The lowest BCUT2D eigenvalue weighted by Crippen LogP contribution is -1.99. The van der Waals surface area contributed by atoms with E-state index in [0.717, 1.165) is 11.1 Å². The highest BCUT2D eigenvalue weighted by atomic mass is 16.4. The minimum atomic E-state index is -0.940. The van der Waals surface area contributed by atoms with Gasteiger partial charge in [0.1, 0.15) is 0 Å². The fourth-order valence-electron chi connectivity index (χ4n) is 1.87. The highest BCUT2D eigenvalue weighted by Crippen LogP contribution is 2.21. The summed E-state index contributed by atoms with van der Waals surface area (Å²) in [7, 11) is 0. The second-order valence-electron chi connectivity index (χ2n) is 4.06. The number of carbonyl (C=O) groups is 1. The van der Waals surface area contributed by atoms with Crippen molar-refractivity contribution in [3.63, 3.8) is 0 Å². The zero-order valence-corrected chi connectivity index (χ0v) is 10.4. The topological polar surface area (TPSA) is 37.3 Å². The van der Waals surface area contributed by atoms with Crippen molar-refractivity contribution in [2.75, 3.05) is 0 Å². The summed E-state index contributed by atoms with van der Waals surface area (Å²) >= 11 is 0. The predicted molar refractivity (Wildman–Crippen MR) is 78.5 cm³/mol. The molecule has 0 radical (unpaired) electrons. The molecule has 2 aromatic carbocycles. The van der Waals surface area contributed by atoms with Crippen molar-refractivity contribution in [3.8, 4) is 0 Å². The van der Waals surface area contributed by atoms with Gasteiger partial charge in [0.25, 0.3) is 0 Å². The molecule has 0 saturated carbocycles. The SMILES string of the molecule is C=Cc1ccccc1C=C(C(=O)O)c1ccccc1. The first kappa shape index (κ1) is 12.8. The van der Waals surface area contributed by atoms with Gasteiger partial charge in [-0.25, -0.2) is 4.79 Å². The number of benzene rings is 2. The van der Waals surface area contributed by atoms with E-state index in [0.29, 0.717) is 5.56 Å². The highest BCUT2D eigenvalue weighted by molar-refractivity contribution is 6.20. The van der Waals surface area contributed by atoms with Gasteiger partial charge in [-0.2, -0.15) is 0 Å². The standard InChI is InChI=1S/C17H14O2/c1-2-13-8-6-7-11-15(13)12-16(17(18)19)14-9-4-3-5-10-14/h2-12H,1H2,(H,18,19). The molecule has 2 nitrogen and oxygen atoms in total. The van der Waals surface area contributed by atoms with Crippen LogP contribution in [0.1, 0.15) is 16.7 Å². The lowest BCUT2D eigenvalue weighted by molar-refractivity contribution is -0.130. The fraction of sp³-hybridized carbons (Fsp3) is 0. The van der Waals surface area contributed by atoms with Crippen LogP contribution in [0.2, 0.25) is 0 Å². The van der Waals surface area contributed by atoms with Crippen molar-refractivity contribution < 1.29 is 9.90 Å². The lowest BCUT2D eigenvalue weighted by Gasteiger charge is -2.05. The second-order valence-corrected chi connectivity index (χ2v) is 4.06. The van der Waals surface area contributed by atoms with Gasteiger partial charge >= 0.3 is 5.97 Å². The largest absolute Gasteiger partial charge is 0.478 e. The van der Waals surface area contributed by atoms with Crippen LogP contribution in [-0.2, 0) is 4.79 Å². The molecular formula is C17H14O2. The Hall–Kier alpha value is -2.61. The number of rotatable bonds is 4. The molecule has 1 N–H and O–H groups in total. The fourth-order valence-corrected chi connectivity index (χ4v) is 1.87. The van der Waals surface area contributed by atoms with Crippen LogP contribution in [0.3, 0.4) is 0 Å². The maximum atomic E-state index is 11.4. The quantitative estimate of drug-likeness (QED) is 0.659. The minimum absolute atomic E-state index is 0.273. The van der Waals surface area contributed by atoms with Gasteiger partial charge in [-0.05, 0) is 22.8 Å². The predicted octanol–water partition coefficient (Wildman–Crippen LogP) is 3.95. The molecule has 0 spiro atoms. The van der Waals surface area contributed by atoms with E-state index in [1.165, 1.54) is 0 Å². The first-order chi connectivity index (χ1) is 9.22. The van der Waals surface area contributed by atoms with Crippen molar-refractivity contribution in [1.29, 1.82) is 0 Å². The molecule has 0 fully saturated rings. The highest BCUT2D eigenvalue weighted by Gasteiger charge is 2.10. The van der Waals surface area contributed by atoms with Crippen LogP contribution in [0.25, 0.3) is 17.7 Å². The van der Waals surface area contributed by atoms with Crippen LogP contribution in [0.15, 0.2) is 61.2 Å². The normalized spacial score (nSPS) is 11.1. The molecule has 0 aliphatic heterocycles. The maximum Gasteiger partial charge on any atom is 0.336 e. The Morgan fingerprint density at radius 3 is 2.11 bits per heavy atom. The van der Waals surface area contributed by atoms with E-state index in [1.54, 1.807) is 24.3 Å². The molecule has 0 unspecified atom stereocenters. The molecule has 0 heterocycles. The summed E-state index contributed by atoms with van der Waals surface area (Å²) in [5.74, 6) is -0.940. The summed E-state index contributed by atoms with van der Waals surface area (Å²) in [5, 5.41) is 9.36. The van der Waals surface area contributed by atoms with Gasteiger partial charge in [-0.1, -0.05) is 67.3 Å². The van der Waals surface area contributed by atoms with Gasteiger partial charge < -0.3 is 5.11 Å². The van der Waals surface area contributed by atoms with E-state index < -0.39 is 5.97 Å². The van der Waals surface area contributed by atoms with Crippen molar-refractivity contribution >= 4 is 23.7 Å². The van der Waals surface area contributed by atoms with Gasteiger partial charge in [-0.3, -0.25) is 0 Å². The van der Waals surface area contributed by atoms with Crippen LogP contribution in [0.5, 0.6) is 0 Å². The number of aliphatic carboxylic acids is 1. The molecule has 0 amide bonds. The zero-order valence-electron chi connectivity index (χ0n) is 10.4. The maximum absolute atomic E-state index is 11.4. The number of hydrogen-bond acceptors (Lipinski definition) is 1. The van der Waals surface area contributed by atoms with E-state index in [4.69, 9.17) is 0 Å². The van der Waals surface area contributed by atoms with E-state index >= 15 is 0 Å². The molecule has 0 saturated heterocycles. The third-order valence-electron chi connectivity index (χ3n) is 2.83. The Kier molecular flexibility index (Phi) is 3.94. The van der Waals surface area contributed by atoms with E-state index in [1.807, 2.05) is 42.5 Å². The molecule has 0 atom stereocenters. The van der Waals surface area contributed by atoms with Gasteiger partial charge in [0.15, 0.2) is 0 Å². The molecule has 0 aliphatic carbocycles. The van der Waals surface area contributed by atoms with Crippen molar-refractivity contribution in [1.82, 2.24) is 0 Å². The summed E-state index contributed by atoms with van der Waals surface area (Å²) < 4.78 is 0. The molecule has 0 aliphatic rings. The summed E-state index contributed by atoms with van der Waals surface area (Å²) in [6.07, 6.45) is 3.39. The Bertz CT molecular complexity index is 625. The van der Waals surface area contributed by atoms with Crippen molar-refractivity contribution in [2.24, 2.45) is 0 Å². The van der Waals surface area contributed by atoms with Gasteiger partial charge in [0.05, 0.1) is 5.57 Å². The van der Waals surface area contributed by atoms with E-state index in [2.05, 4.69) is 6.58 Å². The summed E-state index contributed by atoms with van der Waals surface area (Å²) in [4.78, 5) is 11.4. The Morgan fingerprint density at radius 2 is 1.53 bits per heavy atom. The van der Waals surface area contributed by atoms with Gasteiger partial charge in [0, 0.05) is 0 Å². The van der Waals surface area contributed by atoms with Crippen LogP contribution in [-0.4, -0.2) is 11.1 Å². The molecule has 94 valence electrons. The smallest absolute Gasteiger partial charge is 0.336 e. The number of hydrogen-bond donors (Lipinski definition) is 1. The van der Waals surface area contributed by atoms with Gasteiger partial charge in [-0.15, -0.1) is 0 Å². The molecule has 19 heavy (non-hydrogen) atoms. The van der Waals surface area contributed by atoms with E-state index in [-0.39, 0.29) is 5.57 Å². The number of carboxylic acids is 1. The van der Waals surface area contributed by atoms with Crippen molar-refractivity contribution in [3.05, 3.63) is 77.9 Å². The minimum Gasteiger partial charge on any atom is -0.478 e. The molecule has 0 aromatic heterocycles. The molecule has 0 bridgehead atoms. The Balaban J connectivity index is 2.54. The summed E-state index contributed by atoms with van der Waals surface area (Å²) in [6, 6.07) is 16.7. The summed E-state index contributed by atoms with van der Waals surface area (Å²) in [5.41, 5.74) is 2.72. The van der Waals surface area contributed by atoms with Crippen LogP contribution in [0.4, 0.5) is 0 Å². The third kappa shape index (κ3) is 2.99. The first-order valence-corrected chi connectivity index (χ1v) is 5.94. The van der Waals surface area contributed by atoms with Gasteiger partial charge in [0.2, 0.25) is 0 Å². The summed E-state index contributed by atoms with van der Waals surface area (Å²) in [6.45, 7) is 3.74. The Morgan fingerprint density at radius 1 is 0.947 bits per heavy atom. The molecule has 2 heteroatoms. The van der Waals surface area contributed by atoms with Crippen LogP contribution < -0.4 is 0 Å². The second kappa shape index (κ2) is 5.83. The van der Waals surface area contributed by atoms with Crippen molar-refractivity contribution in [2.45, 2.75) is 0 Å². The molecule has 2 aromatic rings. The monoisotopic (exact) mass is 250 g/mol. The Labute approximate surface area is 112 Å². The average molecular weight is 250 g/mol. The number of carboxylic acid groups (broad SMARTS) is 1. The third-order valence-corrected chi connectivity index (χ3v) is 2.83. The van der Waals surface area contributed by atoms with E-state index in [9.17, 15) is 9.90 Å². The van der Waals surface area contributed by atoms with Crippen LogP contribution >= 0.6 is 0 Å².